The number of pyridine rings is 1. The lowest BCUT2D eigenvalue weighted by molar-refractivity contribution is -0.137. The quantitative estimate of drug-likeness (QED) is 0.769. The van der Waals surface area contributed by atoms with E-state index >= 15 is 0 Å². The van der Waals surface area contributed by atoms with E-state index in [1.165, 1.54) is 56.5 Å². The standard InChI is InChI=1S/C20H21F3N2/c21-20(22,23)16-5-1-4-15(12-16)18-7-6-17(13-24-18)19-8-2-10-25(14-19)11-3-9-19/h1,4-7,12-13H,2-3,8-11,14H2. The van der Waals surface area contributed by atoms with Crippen LogP contribution in [0, 0.1) is 0 Å². The molecule has 2 nitrogen and oxygen atoms in total. The molecule has 25 heavy (non-hydrogen) atoms. The predicted molar refractivity (Wildman–Crippen MR) is 91.3 cm³/mol. The second-order valence-electron chi connectivity index (χ2n) is 7.27. The maximum absolute atomic E-state index is 12.9. The van der Waals surface area contributed by atoms with Crippen molar-refractivity contribution in [1.82, 2.24) is 9.88 Å². The lowest BCUT2D eigenvalue weighted by Gasteiger charge is -2.47. The molecule has 1 aromatic heterocycles. The first-order valence-corrected chi connectivity index (χ1v) is 8.83. The van der Waals surface area contributed by atoms with Crippen LogP contribution in [0.5, 0.6) is 0 Å². The molecule has 2 aliphatic rings. The number of benzene rings is 1. The van der Waals surface area contributed by atoms with E-state index in [9.17, 15) is 13.2 Å². The van der Waals surface area contributed by atoms with Crippen molar-refractivity contribution in [3.05, 3.63) is 53.7 Å². The third-order valence-corrected chi connectivity index (χ3v) is 5.65. The van der Waals surface area contributed by atoms with Gasteiger partial charge in [-0.3, -0.25) is 4.98 Å². The minimum atomic E-state index is -4.33. The maximum atomic E-state index is 12.9. The van der Waals surface area contributed by atoms with Gasteiger partial charge in [0.2, 0.25) is 0 Å². The van der Waals surface area contributed by atoms with Crippen LogP contribution in [0.4, 0.5) is 13.2 Å². The molecule has 132 valence electrons. The lowest BCUT2D eigenvalue weighted by atomic mass is 9.69. The van der Waals surface area contributed by atoms with Crippen molar-refractivity contribution in [3.63, 3.8) is 0 Å². The van der Waals surface area contributed by atoms with Crippen LogP contribution in [0.2, 0.25) is 0 Å². The summed E-state index contributed by atoms with van der Waals surface area (Å²) in [7, 11) is 0. The van der Waals surface area contributed by atoms with Gasteiger partial charge in [-0.25, -0.2) is 0 Å². The van der Waals surface area contributed by atoms with Crippen LogP contribution in [-0.4, -0.2) is 29.5 Å². The molecule has 4 rings (SSSR count). The average Bonchev–Trinajstić information content (AvgIpc) is 2.61. The van der Waals surface area contributed by atoms with E-state index in [4.69, 9.17) is 0 Å². The zero-order chi connectivity index (χ0) is 17.5. The number of hydrogen-bond acceptors (Lipinski definition) is 2. The molecule has 3 heterocycles. The topological polar surface area (TPSA) is 16.1 Å². The lowest BCUT2D eigenvalue weighted by Crippen LogP contribution is -2.50. The van der Waals surface area contributed by atoms with Crippen LogP contribution in [0.25, 0.3) is 11.3 Å². The van der Waals surface area contributed by atoms with Crippen molar-refractivity contribution in [2.45, 2.75) is 37.3 Å². The third-order valence-electron chi connectivity index (χ3n) is 5.65. The fourth-order valence-corrected chi connectivity index (χ4v) is 4.38. The van der Waals surface area contributed by atoms with Gasteiger partial charge in [-0.15, -0.1) is 0 Å². The van der Waals surface area contributed by atoms with Crippen molar-refractivity contribution >= 4 is 0 Å². The molecule has 1 aromatic carbocycles. The minimum absolute atomic E-state index is 0.176. The van der Waals surface area contributed by atoms with Crippen LogP contribution >= 0.6 is 0 Å². The van der Waals surface area contributed by atoms with Crippen LogP contribution in [-0.2, 0) is 11.6 Å². The molecule has 0 unspecified atom stereocenters. The van der Waals surface area contributed by atoms with Crippen LogP contribution in [0.1, 0.15) is 36.8 Å². The molecule has 5 heteroatoms. The van der Waals surface area contributed by atoms with Crippen LogP contribution in [0.15, 0.2) is 42.6 Å². The summed E-state index contributed by atoms with van der Waals surface area (Å²) >= 11 is 0. The maximum Gasteiger partial charge on any atom is 0.416 e. The van der Waals surface area contributed by atoms with Gasteiger partial charge in [0.05, 0.1) is 11.3 Å². The van der Waals surface area contributed by atoms with Gasteiger partial charge in [0.15, 0.2) is 0 Å². The Morgan fingerprint density at radius 3 is 2.40 bits per heavy atom. The van der Waals surface area contributed by atoms with Crippen LogP contribution in [0.3, 0.4) is 0 Å². The van der Waals surface area contributed by atoms with E-state index in [-0.39, 0.29) is 5.41 Å². The van der Waals surface area contributed by atoms with Gasteiger partial charge in [-0.1, -0.05) is 18.2 Å². The Hall–Kier alpha value is -1.88. The Kier molecular flexibility index (Phi) is 4.07. The van der Waals surface area contributed by atoms with E-state index in [2.05, 4.69) is 16.0 Å². The largest absolute Gasteiger partial charge is 0.416 e. The number of halogens is 3. The normalized spacial score (nSPS) is 26.4. The first-order valence-electron chi connectivity index (χ1n) is 8.83. The predicted octanol–water partition coefficient (Wildman–Crippen LogP) is 4.89. The molecule has 0 N–H and O–H groups in total. The molecule has 0 aliphatic carbocycles. The van der Waals surface area contributed by atoms with Gasteiger partial charge in [0.1, 0.15) is 0 Å². The van der Waals surface area contributed by atoms with Gasteiger partial charge < -0.3 is 4.90 Å². The molecule has 2 aliphatic heterocycles. The molecule has 2 bridgehead atoms. The molecule has 2 aromatic rings. The summed E-state index contributed by atoms with van der Waals surface area (Å²) in [5.74, 6) is 0. The molecular weight excluding hydrogens is 325 g/mol. The summed E-state index contributed by atoms with van der Waals surface area (Å²) in [4.78, 5) is 7.03. The fourth-order valence-electron chi connectivity index (χ4n) is 4.38. The van der Waals surface area contributed by atoms with Crippen molar-refractivity contribution in [2.24, 2.45) is 0 Å². The Morgan fingerprint density at radius 2 is 1.76 bits per heavy atom. The number of alkyl halides is 3. The SMILES string of the molecule is FC(F)(F)c1cccc(-c2ccc(C34CCCN(CCC3)C4)cn2)c1. The fraction of sp³-hybridized carbons (Fsp3) is 0.450. The molecular formula is C20H21F3N2. The van der Waals surface area contributed by atoms with Gasteiger partial charge in [-0.2, -0.15) is 13.2 Å². The number of aromatic nitrogens is 1. The first-order chi connectivity index (χ1) is 12.0. The van der Waals surface area contributed by atoms with Crippen molar-refractivity contribution in [3.8, 4) is 11.3 Å². The zero-order valence-electron chi connectivity index (χ0n) is 14.0. The average molecular weight is 346 g/mol. The highest BCUT2D eigenvalue weighted by Gasteiger charge is 2.39. The van der Waals surface area contributed by atoms with Gasteiger partial charge in [-0.05, 0) is 62.5 Å². The number of piperidine rings is 2. The molecule has 0 spiro atoms. The Morgan fingerprint density at radius 1 is 1.00 bits per heavy atom. The summed E-state index contributed by atoms with van der Waals surface area (Å²) in [5, 5.41) is 0. The summed E-state index contributed by atoms with van der Waals surface area (Å²) in [6.07, 6.45) is 2.31. The van der Waals surface area contributed by atoms with Gasteiger partial charge in [0.25, 0.3) is 0 Å². The van der Waals surface area contributed by atoms with Gasteiger partial charge in [0, 0.05) is 23.7 Å². The Balaban J connectivity index is 1.62. The summed E-state index contributed by atoms with van der Waals surface area (Å²) < 4.78 is 38.7. The highest BCUT2D eigenvalue weighted by Crippen LogP contribution is 2.41. The molecule has 0 saturated carbocycles. The highest BCUT2D eigenvalue weighted by atomic mass is 19.4. The number of nitrogens with zero attached hydrogens (tertiary/aromatic N) is 2. The van der Waals surface area contributed by atoms with Crippen molar-refractivity contribution in [2.75, 3.05) is 19.6 Å². The van der Waals surface area contributed by atoms with E-state index in [1.807, 2.05) is 12.3 Å². The smallest absolute Gasteiger partial charge is 0.302 e. The van der Waals surface area contributed by atoms with E-state index in [0.717, 1.165) is 12.6 Å². The number of rotatable bonds is 2. The summed E-state index contributed by atoms with van der Waals surface area (Å²) in [6.45, 7) is 3.44. The zero-order valence-corrected chi connectivity index (χ0v) is 14.0. The van der Waals surface area contributed by atoms with E-state index in [0.29, 0.717) is 11.3 Å². The number of fused-ring (bicyclic) bond motifs is 2. The van der Waals surface area contributed by atoms with Crippen molar-refractivity contribution in [1.29, 1.82) is 0 Å². The molecule has 0 radical (unpaired) electrons. The number of hydrogen-bond donors (Lipinski definition) is 0. The Bertz CT molecular complexity index is 742. The highest BCUT2D eigenvalue weighted by molar-refractivity contribution is 5.60. The minimum Gasteiger partial charge on any atom is -0.302 e. The molecule has 0 amide bonds. The van der Waals surface area contributed by atoms with E-state index in [1.54, 1.807) is 6.07 Å². The van der Waals surface area contributed by atoms with Crippen LogP contribution < -0.4 is 0 Å². The van der Waals surface area contributed by atoms with E-state index < -0.39 is 11.7 Å². The molecule has 2 fully saturated rings. The summed E-state index contributed by atoms with van der Waals surface area (Å²) in [6, 6.07) is 9.31. The third kappa shape index (κ3) is 3.17. The Labute approximate surface area is 145 Å². The summed E-state index contributed by atoms with van der Waals surface area (Å²) in [5.41, 5.74) is 1.87. The molecule has 0 atom stereocenters. The second-order valence-corrected chi connectivity index (χ2v) is 7.27. The first kappa shape index (κ1) is 16.6. The second kappa shape index (κ2) is 6.13. The monoisotopic (exact) mass is 346 g/mol. The van der Waals surface area contributed by atoms with Gasteiger partial charge >= 0.3 is 6.18 Å². The molecule has 2 saturated heterocycles. The van der Waals surface area contributed by atoms with Crippen molar-refractivity contribution < 1.29 is 13.2 Å².